The van der Waals surface area contributed by atoms with Crippen molar-refractivity contribution in [2.75, 3.05) is 20.3 Å². The van der Waals surface area contributed by atoms with Crippen LogP contribution in [0.25, 0.3) is 0 Å². The van der Waals surface area contributed by atoms with E-state index in [1.165, 1.54) is 7.11 Å². The Morgan fingerprint density at radius 1 is 1.35 bits per heavy atom. The molecule has 0 spiro atoms. The number of esters is 1. The number of aromatic nitrogens is 1. The molecule has 0 aromatic carbocycles. The van der Waals surface area contributed by atoms with E-state index in [2.05, 4.69) is 10.3 Å². The number of hydrogen-bond donors (Lipinski definition) is 2. The zero-order valence-corrected chi connectivity index (χ0v) is 15.5. The van der Waals surface area contributed by atoms with Crippen LogP contribution in [0.3, 0.4) is 0 Å². The van der Waals surface area contributed by atoms with Gasteiger partial charge in [0.1, 0.15) is 18.1 Å². The Hall–Kier alpha value is -2.54. The predicted molar refractivity (Wildman–Crippen MR) is 96.2 cm³/mol. The van der Waals surface area contributed by atoms with E-state index in [1.807, 2.05) is 19.1 Å². The van der Waals surface area contributed by atoms with E-state index in [0.29, 0.717) is 55.1 Å². The van der Waals surface area contributed by atoms with Crippen molar-refractivity contribution in [2.24, 2.45) is 0 Å². The van der Waals surface area contributed by atoms with Crippen molar-refractivity contribution >= 4 is 11.9 Å². The number of carbonyl (C=O) groups excluding carboxylic acids is 2. The largest absolute Gasteiger partial charge is 0.467 e. The van der Waals surface area contributed by atoms with E-state index in [-0.39, 0.29) is 5.91 Å². The molecular weight excluding hydrogens is 336 g/mol. The molecule has 2 heterocycles. The lowest BCUT2D eigenvalue weighted by Gasteiger charge is -2.07. The topological polar surface area (TPSA) is 93.6 Å². The van der Waals surface area contributed by atoms with E-state index in [1.54, 1.807) is 13.2 Å². The summed E-state index contributed by atoms with van der Waals surface area (Å²) in [5.41, 5.74) is 2.25. The van der Waals surface area contributed by atoms with Crippen LogP contribution in [-0.2, 0) is 22.5 Å². The van der Waals surface area contributed by atoms with Crippen LogP contribution in [0.5, 0.6) is 0 Å². The first-order chi connectivity index (χ1) is 12.6. The molecule has 142 valence electrons. The van der Waals surface area contributed by atoms with Gasteiger partial charge in [-0.15, -0.1) is 0 Å². The second-order valence-corrected chi connectivity index (χ2v) is 5.96. The summed E-state index contributed by atoms with van der Waals surface area (Å²) >= 11 is 0. The zero-order valence-electron chi connectivity index (χ0n) is 15.5. The maximum Gasteiger partial charge on any atom is 0.339 e. The van der Waals surface area contributed by atoms with Crippen LogP contribution >= 0.6 is 0 Å². The molecule has 2 N–H and O–H groups in total. The number of carbonyl (C=O) groups is 2. The van der Waals surface area contributed by atoms with Crippen LogP contribution in [-0.4, -0.2) is 37.1 Å². The van der Waals surface area contributed by atoms with Gasteiger partial charge in [0.2, 0.25) is 0 Å². The van der Waals surface area contributed by atoms with Gasteiger partial charge in [-0.25, -0.2) is 4.79 Å². The van der Waals surface area contributed by atoms with Crippen molar-refractivity contribution in [2.45, 2.75) is 39.7 Å². The lowest BCUT2D eigenvalue weighted by molar-refractivity contribution is 0.0599. The first kappa shape index (κ1) is 19.8. The first-order valence-corrected chi connectivity index (χ1v) is 8.76. The Kier molecular flexibility index (Phi) is 7.47. The fraction of sp³-hybridized carbons (Fsp3) is 0.474. The Bertz CT molecular complexity index is 719. The number of amides is 1. The molecule has 2 rings (SSSR count). The lowest BCUT2D eigenvalue weighted by atomic mass is 10.0. The van der Waals surface area contributed by atoms with Crippen LogP contribution in [0.15, 0.2) is 22.8 Å². The summed E-state index contributed by atoms with van der Waals surface area (Å²) in [5.74, 6) is 0.126. The summed E-state index contributed by atoms with van der Waals surface area (Å²) in [4.78, 5) is 27.5. The number of hydrogen-bond acceptors (Lipinski definition) is 5. The maximum atomic E-state index is 12.5. The second-order valence-electron chi connectivity index (χ2n) is 5.96. The molecule has 0 fully saturated rings. The minimum atomic E-state index is -0.424. The minimum absolute atomic E-state index is 0.224. The quantitative estimate of drug-likeness (QED) is 0.501. The molecule has 7 nitrogen and oxygen atoms in total. The third-order valence-corrected chi connectivity index (χ3v) is 3.98. The monoisotopic (exact) mass is 362 g/mol. The Balaban J connectivity index is 1.87. The summed E-state index contributed by atoms with van der Waals surface area (Å²) in [7, 11) is 1.34. The number of aromatic amines is 1. The molecule has 0 radical (unpaired) electrons. The van der Waals surface area contributed by atoms with E-state index in [9.17, 15) is 9.59 Å². The van der Waals surface area contributed by atoms with Crippen molar-refractivity contribution in [1.29, 1.82) is 0 Å². The molecule has 0 bridgehead atoms. The fourth-order valence-electron chi connectivity index (χ4n) is 2.78. The summed E-state index contributed by atoms with van der Waals surface area (Å²) in [6.45, 7) is 5.18. The van der Waals surface area contributed by atoms with E-state index < -0.39 is 5.97 Å². The second kappa shape index (κ2) is 9.82. The highest BCUT2D eigenvalue weighted by atomic mass is 16.5. The highest BCUT2D eigenvalue weighted by Gasteiger charge is 2.24. The van der Waals surface area contributed by atoms with Gasteiger partial charge in [-0.3, -0.25) is 4.79 Å². The highest BCUT2D eigenvalue weighted by molar-refractivity contribution is 6.00. The van der Waals surface area contributed by atoms with Gasteiger partial charge in [0, 0.05) is 18.8 Å². The van der Waals surface area contributed by atoms with Crippen molar-refractivity contribution in [3.05, 3.63) is 46.7 Å². The minimum Gasteiger partial charge on any atom is -0.467 e. The standard InChI is InChI=1S/C19H26N2O5/c1-4-7-15-16(19(23)24-3)13(2)21-17(15)18(22)20-9-6-10-25-12-14-8-5-11-26-14/h5,8,11,21H,4,6-7,9-10,12H2,1-3H3,(H,20,22). The third-order valence-electron chi connectivity index (χ3n) is 3.98. The number of furan rings is 1. The fourth-order valence-corrected chi connectivity index (χ4v) is 2.78. The van der Waals surface area contributed by atoms with Crippen molar-refractivity contribution < 1.29 is 23.5 Å². The number of nitrogens with one attached hydrogen (secondary N) is 2. The van der Waals surface area contributed by atoms with Gasteiger partial charge < -0.3 is 24.2 Å². The third kappa shape index (κ3) is 4.98. The highest BCUT2D eigenvalue weighted by Crippen LogP contribution is 2.21. The maximum absolute atomic E-state index is 12.5. The van der Waals surface area contributed by atoms with Gasteiger partial charge >= 0.3 is 5.97 Å². The van der Waals surface area contributed by atoms with Crippen LogP contribution in [0.2, 0.25) is 0 Å². The van der Waals surface area contributed by atoms with Gasteiger partial charge in [-0.05, 0) is 37.5 Å². The lowest BCUT2D eigenvalue weighted by Crippen LogP contribution is -2.26. The van der Waals surface area contributed by atoms with E-state index in [4.69, 9.17) is 13.9 Å². The van der Waals surface area contributed by atoms with Gasteiger partial charge in [-0.1, -0.05) is 13.3 Å². The smallest absolute Gasteiger partial charge is 0.339 e. The van der Waals surface area contributed by atoms with Gasteiger partial charge in [0.25, 0.3) is 5.91 Å². The number of rotatable bonds is 10. The Labute approximate surface area is 153 Å². The van der Waals surface area contributed by atoms with Crippen LogP contribution in [0.1, 0.15) is 57.6 Å². The molecule has 1 amide bonds. The first-order valence-electron chi connectivity index (χ1n) is 8.76. The average Bonchev–Trinajstić information content (AvgIpc) is 3.25. The number of ether oxygens (including phenoxy) is 2. The molecule has 0 unspecified atom stereocenters. The average molecular weight is 362 g/mol. The van der Waals surface area contributed by atoms with Crippen molar-refractivity contribution in [3.8, 4) is 0 Å². The number of methoxy groups -OCH3 is 1. The van der Waals surface area contributed by atoms with Crippen molar-refractivity contribution in [3.63, 3.8) is 0 Å². The molecule has 2 aromatic heterocycles. The summed E-state index contributed by atoms with van der Waals surface area (Å²) in [6.07, 6.45) is 3.73. The molecule has 7 heteroatoms. The number of H-pyrrole nitrogens is 1. The molecule has 0 aliphatic carbocycles. The molecular formula is C19H26N2O5. The van der Waals surface area contributed by atoms with Crippen molar-refractivity contribution in [1.82, 2.24) is 10.3 Å². The van der Waals surface area contributed by atoms with Gasteiger partial charge in [0.15, 0.2) is 0 Å². The SMILES string of the molecule is CCCc1c(C(=O)NCCCOCc2ccco2)[nH]c(C)c1C(=O)OC. The molecule has 0 saturated heterocycles. The molecule has 0 aliphatic rings. The summed E-state index contributed by atoms with van der Waals surface area (Å²) < 4.78 is 15.5. The van der Waals surface area contributed by atoms with E-state index >= 15 is 0 Å². The molecule has 0 saturated carbocycles. The van der Waals surface area contributed by atoms with E-state index in [0.717, 1.165) is 12.2 Å². The molecule has 2 aromatic rings. The normalized spacial score (nSPS) is 10.7. The van der Waals surface area contributed by atoms with Crippen LogP contribution in [0.4, 0.5) is 0 Å². The molecule has 0 atom stereocenters. The number of aryl methyl sites for hydroxylation is 1. The Morgan fingerprint density at radius 3 is 2.81 bits per heavy atom. The van der Waals surface area contributed by atoms with Gasteiger partial charge in [-0.2, -0.15) is 0 Å². The summed E-state index contributed by atoms with van der Waals surface area (Å²) in [6, 6.07) is 3.66. The summed E-state index contributed by atoms with van der Waals surface area (Å²) in [5, 5.41) is 2.86. The Morgan fingerprint density at radius 2 is 2.15 bits per heavy atom. The van der Waals surface area contributed by atoms with Gasteiger partial charge in [0.05, 0.1) is 18.9 Å². The predicted octanol–water partition coefficient (Wildman–Crippen LogP) is 2.99. The van der Waals surface area contributed by atoms with Crippen LogP contribution < -0.4 is 5.32 Å². The van der Waals surface area contributed by atoms with Crippen LogP contribution in [0, 0.1) is 6.92 Å². The zero-order chi connectivity index (χ0) is 18.9. The molecule has 0 aliphatic heterocycles. The molecule has 26 heavy (non-hydrogen) atoms.